The summed E-state index contributed by atoms with van der Waals surface area (Å²) < 4.78 is 38.3. The van der Waals surface area contributed by atoms with E-state index in [0.717, 1.165) is 45.3 Å². The molecule has 3 rings (SSSR count). The standard InChI is InChI=1S/C25H42N4O5S/c1-19-15-23(33-5)16-20(2)25(19)35(31,32)28(4)13-14-34-18-24(30)29-10-6-7-22(17-29)26-21-8-11-27(3)12-9-21/h15-16,21-22,26H,6-14,17-18H2,1-5H3/t22-/m0/s1. The molecular formula is C25H42N4O5S. The molecule has 0 unspecified atom stereocenters. The molecule has 2 aliphatic rings. The van der Waals surface area contributed by atoms with Crippen LogP contribution in [0.3, 0.4) is 0 Å². The highest BCUT2D eigenvalue weighted by Crippen LogP contribution is 2.27. The third kappa shape index (κ3) is 7.39. The monoisotopic (exact) mass is 510 g/mol. The van der Waals surface area contributed by atoms with Crippen LogP contribution in [-0.2, 0) is 19.6 Å². The molecular weight excluding hydrogens is 468 g/mol. The van der Waals surface area contributed by atoms with Gasteiger partial charge in [0.25, 0.3) is 0 Å². The minimum atomic E-state index is -3.68. The number of amides is 1. The molecule has 1 N–H and O–H groups in total. The first-order valence-electron chi connectivity index (χ1n) is 12.5. The number of nitrogens with one attached hydrogen (secondary N) is 1. The molecule has 2 heterocycles. The zero-order chi connectivity index (χ0) is 25.6. The highest BCUT2D eigenvalue weighted by atomic mass is 32.2. The first-order valence-corrected chi connectivity index (χ1v) is 14.0. The Labute approximate surface area is 210 Å². The van der Waals surface area contributed by atoms with Gasteiger partial charge in [-0.25, -0.2) is 8.42 Å². The lowest BCUT2D eigenvalue weighted by molar-refractivity contribution is -0.137. The fourth-order valence-corrected chi connectivity index (χ4v) is 6.56. The van der Waals surface area contributed by atoms with Crippen LogP contribution in [0.25, 0.3) is 0 Å². The molecule has 1 amide bonds. The van der Waals surface area contributed by atoms with Gasteiger partial charge in [0.05, 0.1) is 18.6 Å². The number of methoxy groups -OCH3 is 1. The smallest absolute Gasteiger partial charge is 0.248 e. The molecule has 0 aromatic heterocycles. The summed E-state index contributed by atoms with van der Waals surface area (Å²) in [6, 6.07) is 4.29. The number of piperidine rings is 2. The van der Waals surface area contributed by atoms with E-state index in [9.17, 15) is 13.2 Å². The van der Waals surface area contributed by atoms with E-state index < -0.39 is 10.0 Å². The molecule has 0 bridgehead atoms. The Morgan fingerprint density at radius 2 is 1.77 bits per heavy atom. The largest absolute Gasteiger partial charge is 0.497 e. The number of likely N-dealkylation sites (tertiary alicyclic amines) is 2. The van der Waals surface area contributed by atoms with E-state index in [4.69, 9.17) is 9.47 Å². The summed E-state index contributed by atoms with van der Waals surface area (Å²) in [5.41, 5.74) is 1.27. The Hall–Kier alpha value is -1.72. The highest BCUT2D eigenvalue weighted by Gasteiger charge is 2.28. The molecule has 198 valence electrons. The second kappa shape index (κ2) is 12.5. The van der Waals surface area contributed by atoms with Crippen LogP contribution in [0.5, 0.6) is 5.75 Å². The molecule has 1 atom stereocenters. The van der Waals surface area contributed by atoms with E-state index in [1.165, 1.54) is 11.4 Å². The van der Waals surface area contributed by atoms with Crippen LogP contribution in [0.2, 0.25) is 0 Å². The molecule has 1 aromatic rings. The van der Waals surface area contributed by atoms with Crippen LogP contribution < -0.4 is 10.1 Å². The van der Waals surface area contributed by atoms with Gasteiger partial charge in [-0.3, -0.25) is 4.79 Å². The minimum absolute atomic E-state index is 0.0323. The zero-order valence-electron chi connectivity index (χ0n) is 21.9. The number of rotatable bonds is 10. The van der Waals surface area contributed by atoms with Crippen molar-refractivity contribution in [1.82, 2.24) is 19.4 Å². The summed E-state index contributed by atoms with van der Waals surface area (Å²) in [7, 11) is 1.57. The SMILES string of the molecule is COc1cc(C)c(S(=O)(=O)N(C)CCOCC(=O)N2CCC[C@H](NC3CCN(C)CC3)C2)c(C)c1. The Bertz CT molecular complexity index is 940. The summed E-state index contributed by atoms with van der Waals surface area (Å²) >= 11 is 0. The molecule has 2 fully saturated rings. The number of nitrogens with zero attached hydrogens (tertiary/aromatic N) is 3. The van der Waals surface area contributed by atoms with E-state index in [1.807, 2.05) is 4.90 Å². The first kappa shape index (κ1) is 27.9. The molecule has 0 spiro atoms. The van der Waals surface area contributed by atoms with Crippen molar-refractivity contribution >= 4 is 15.9 Å². The van der Waals surface area contributed by atoms with Crippen molar-refractivity contribution in [3.8, 4) is 5.75 Å². The topological polar surface area (TPSA) is 91.4 Å². The van der Waals surface area contributed by atoms with Gasteiger partial charge >= 0.3 is 0 Å². The lowest BCUT2D eigenvalue weighted by atomic mass is 10.0. The number of hydrogen-bond acceptors (Lipinski definition) is 7. The van der Waals surface area contributed by atoms with Gasteiger partial charge in [0.1, 0.15) is 12.4 Å². The van der Waals surface area contributed by atoms with Crippen molar-refractivity contribution in [2.45, 2.75) is 56.5 Å². The molecule has 0 saturated carbocycles. The number of ether oxygens (including phenoxy) is 2. The van der Waals surface area contributed by atoms with Crippen molar-refractivity contribution in [3.05, 3.63) is 23.3 Å². The molecule has 0 radical (unpaired) electrons. The van der Waals surface area contributed by atoms with Gasteiger partial charge in [-0.2, -0.15) is 4.31 Å². The second-order valence-electron chi connectivity index (χ2n) is 9.89. The fourth-order valence-electron chi connectivity index (χ4n) is 5.00. The molecule has 10 heteroatoms. The summed E-state index contributed by atoms with van der Waals surface area (Å²) in [5.74, 6) is 0.595. The van der Waals surface area contributed by atoms with E-state index in [2.05, 4.69) is 17.3 Å². The quantitative estimate of drug-likeness (QED) is 0.479. The molecule has 2 aliphatic heterocycles. The average molecular weight is 511 g/mol. The van der Waals surface area contributed by atoms with Gasteiger partial charge in [-0.15, -0.1) is 0 Å². The van der Waals surface area contributed by atoms with Gasteiger partial charge < -0.3 is 24.6 Å². The lowest BCUT2D eigenvalue weighted by Gasteiger charge is -2.37. The van der Waals surface area contributed by atoms with Crippen LogP contribution in [0.4, 0.5) is 0 Å². The van der Waals surface area contributed by atoms with Gasteiger partial charge in [0.2, 0.25) is 15.9 Å². The Morgan fingerprint density at radius 1 is 1.11 bits per heavy atom. The fraction of sp³-hybridized carbons (Fsp3) is 0.720. The number of hydrogen-bond donors (Lipinski definition) is 1. The van der Waals surface area contributed by atoms with Crippen LogP contribution in [0, 0.1) is 13.8 Å². The number of carbonyl (C=O) groups is 1. The highest BCUT2D eigenvalue weighted by molar-refractivity contribution is 7.89. The molecule has 0 aliphatic carbocycles. The van der Waals surface area contributed by atoms with Crippen molar-refractivity contribution in [3.63, 3.8) is 0 Å². The van der Waals surface area contributed by atoms with E-state index >= 15 is 0 Å². The second-order valence-corrected chi connectivity index (χ2v) is 11.9. The van der Waals surface area contributed by atoms with Crippen LogP contribution >= 0.6 is 0 Å². The van der Waals surface area contributed by atoms with Gasteiger partial charge in [0, 0.05) is 38.8 Å². The number of carbonyl (C=O) groups excluding carboxylic acids is 1. The van der Waals surface area contributed by atoms with E-state index in [0.29, 0.717) is 35.5 Å². The van der Waals surface area contributed by atoms with Crippen LogP contribution in [0.15, 0.2) is 17.0 Å². The number of aryl methyl sites for hydroxylation is 2. The normalized spacial score (nSPS) is 20.4. The van der Waals surface area contributed by atoms with Crippen molar-refractivity contribution in [1.29, 1.82) is 0 Å². The summed E-state index contributed by atoms with van der Waals surface area (Å²) in [6.45, 7) is 7.50. The van der Waals surface area contributed by atoms with Crippen LogP contribution in [0.1, 0.15) is 36.8 Å². The lowest BCUT2D eigenvalue weighted by Crippen LogP contribution is -2.53. The number of sulfonamides is 1. The zero-order valence-corrected chi connectivity index (χ0v) is 22.7. The average Bonchev–Trinajstić information content (AvgIpc) is 2.82. The summed E-state index contributed by atoms with van der Waals surface area (Å²) in [6.07, 6.45) is 4.37. The Morgan fingerprint density at radius 3 is 2.40 bits per heavy atom. The van der Waals surface area contributed by atoms with Crippen LogP contribution in [-0.4, -0.2) is 108 Å². The van der Waals surface area contributed by atoms with Gasteiger partial charge in [-0.1, -0.05) is 0 Å². The minimum Gasteiger partial charge on any atom is -0.497 e. The number of benzene rings is 1. The summed E-state index contributed by atoms with van der Waals surface area (Å²) in [5, 5.41) is 3.75. The third-order valence-corrected chi connectivity index (χ3v) is 9.24. The Balaban J connectivity index is 1.44. The third-order valence-electron chi connectivity index (χ3n) is 7.08. The van der Waals surface area contributed by atoms with Crippen molar-refractivity contribution < 1.29 is 22.7 Å². The molecule has 2 saturated heterocycles. The van der Waals surface area contributed by atoms with Crippen molar-refractivity contribution in [2.24, 2.45) is 0 Å². The Kier molecular flexibility index (Phi) is 9.94. The maximum Gasteiger partial charge on any atom is 0.248 e. The predicted octanol–water partition coefficient (Wildman–Crippen LogP) is 1.62. The first-order chi connectivity index (χ1) is 16.6. The maximum atomic E-state index is 13.1. The van der Waals surface area contributed by atoms with Gasteiger partial charge in [0.15, 0.2) is 0 Å². The molecule has 35 heavy (non-hydrogen) atoms. The van der Waals surface area contributed by atoms with E-state index in [1.54, 1.807) is 33.1 Å². The number of likely N-dealkylation sites (N-methyl/N-ethyl adjacent to an activating group) is 1. The van der Waals surface area contributed by atoms with Gasteiger partial charge in [-0.05, 0) is 82.9 Å². The molecule has 1 aromatic carbocycles. The molecule has 9 nitrogen and oxygen atoms in total. The maximum absolute atomic E-state index is 13.1. The predicted molar refractivity (Wildman–Crippen MR) is 136 cm³/mol. The van der Waals surface area contributed by atoms with Crippen molar-refractivity contribution in [2.75, 3.05) is 67.1 Å². The van der Waals surface area contributed by atoms with E-state index in [-0.39, 0.29) is 30.6 Å². The summed E-state index contributed by atoms with van der Waals surface area (Å²) in [4.78, 5) is 17.2.